The number of nitrogens with zero attached hydrogens (tertiary/aromatic N) is 2. The quantitative estimate of drug-likeness (QED) is 0.0810. The molecule has 16 unspecified atom stereocenters. The van der Waals surface area contributed by atoms with Crippen LogP contribution in [0.15, 0.2) is 97.1 Å². The lowest BCUT2D eigenvalue weighted by Gasteiger charge is -2.19. The van der Waals surface area contributed by atoms with E-state index in [-0.39, 0.29) is 45.7 Å². The minimum Gasteiger partial charge on any atom is -0.354 e. The summed E-state index contributed by atoms with van der Waals surface area (Å²) in [6.45, 7) is 0. The third-order valence-corrected chi connectivity index (χ3v) is 22.2. The number of nitrogens with one attached hydrogen (secondary N) is 2. The number of fused-ring (bicyclic) bond motifs is 8. The molecule has 96 heavy (non-hydrogen) atoms. The molecule has 2 N–H and O–H groups in total. The highest BCUT2D eigenvalue weighted by Crippen LogP contribution is 2.60. The van der Waals surface area contributed by atoms with Crippen molar-refractivity contribution in [3.05, 3.63) is 164 Å². The highest BCUT2D eigenvalue weighted by molar-refractivity contribution is 6.81. The lowest BCUT2D eigenvalue weighted by Crippen LogP contribution is -2.05. The van der Waals surface area contributed by atoms with Crippen molar-refractivity contribution in [1.82, 2.24) is 19.9 Å². The first-order valence-corrected chi connectivity index (χ1v) is 33.4. The lowest BCUT2D eigenvalue weighted by molar-refractivity contribution is 0.876. The number of H-pyrrole nitrogens is 2. The maximum absolute atomic E-state index is 6.96. The number of hydrogen-bond donors (Lipinski definition) is 2. The second-order valence-corrected chi connectivity index (χ2v) is 30.5. The molecule has 10 aliphatic rings. The van der Waals surface area contributed by atoms with Gasteiger partial charge in [-0.25, -0.2) is 9.97 Å². The molecule has 7 aromatic rings. The second-order valence-electron chi connectivity index (χ2n) is 30.5. The van der Waals surface area contributed by atoms with E-state index in [0.717, 1.165) is 111 Å². The fourth-order valence-corrected chi connectivity index (χ4v) is 15.4. The first-order chi connectivity index (χ1) is 45.4. The van der Waals surface area contributed by atoms with Crippen LogP contribution in [0.25, 0.3) is 90.9 Å². The Hall–Kier alpha value is -4.96. The van der Waals surface area contributed by atoms with Crippen molar-refractivity contribution in [2.75, 3.05) is 0 Å². The third kappa shape index (κ3) is 12.1. The van der Waals surface area contributed by atoms with Gasteiger partial charge in [-0.05, 0) is 167 Å². The Balaban J connectivity index is 0.965. The maximum atomic E-state index is 6.96. The summed E-state index contributed by atoms with van der Waals surface area (Å²) in [6, 6.07) is 34.8. The van der Waals surface area contributed by atoms with Gasteiger partial charge in [0.05, 0.1) is 207 Å². The number of aromatic amines is 2. The topological polar surface area (TPSA) is 57.4 Å². The van der Waals surface area contributed by atoms with E-state index in [2.05, 4.69) is 131 Å². The van der Waals surface area contributed by atoms with Gasteiger partial charge < -0.3 is 9.97 Å². The zero-order valence-corrected chi connectivity index (χ0v) is 53.6. The summed E-state index contributed by atoms with van der Waals surface area (Å²) in [6.07, 6.45) is 12.4. The summed E-state index contributed by atoms with van der Waals surface area (Å²) in [5.41, 5.74) is 18.7. The summed E-state index contributed by atoms with van der Waals surface area (Å²) in [5.74, 6) is 0. The molecule has 13 heterocycles. The zero-order chi connectivity index (χ0) is 66.8. The minimum absolute atomic E-state index is 0.252. The van der Waals surface area contributed by atoms with Gasteiger partial charge >= 0.3 is 0 Å². The average molecular weight is 1180 g/mol. The van der Waals surface area contributed by atoms with Crippen LogP contribution in [0.1, 0.15) is 67.3 Å². The molecule has 28 heteroatoms. The molecule has 8 saturated heterocycles. The van der Waals surface area contributed by atoms with Gasteiger partial charge in [-0.2, -0.15) is 0 Å². The van der Waals surface area contributed by atoms with E-state index >= 15 is 0 Å². The van der Waals surface area contributed by atoms with E-state index in [0.29, 0.717) is 74.1 Å². The molecular weight excluding hydrogens is 1130 g/mol. The molecule has 40 radical (unpaired) electrons. The molecule has 0 spiro atoms. The summed E-state index contributed by atoms with van der Waals surface area (Å²) in [4.78, 5) is 19.6. The van der Waals surface area contributed by atoms with Crippen LogP contribution in [0.4, 0.5) is 0 Å². The molecule has 10 aliphatic heterocycles. The van der Waals surface area contributed by atoms with Crippen molar-refractivity contribution in [2.45, 2.75) is 139 Å². The van der Waals surface area contributed by atoms with Crippen molar-refractivity contribution in [2.24, 2.45) is 0 Å². The normalized spacial score (nSPS) is 34.5. The van der Waals surface area contributed by atoms with Crippen LogP contribution in [0.3, 0.4) is 0 Å². The first kappa shape index (κ1) is 64.4. The summed E-state index contributed by atoms with van der Waals surface area (Å²) in [7, 11) is 124. The van der Waals surface area contributed by atoms with E-state index < -0.39 is 41.7 Å². The molecule has 0 amide bonds. The Labute approximate surface area is 593 Å². The van der Waals surface area contributed by atoms with Crippen LogP contribution < -0.4 is 0 Å². The maximum Gasteiger partial charge on any atom is 0.0985 e. The predicted octanol–water partition coefficient (Wildman–Crippen LogP) is 7.00. The molecule has 4 aromatic carbocycles. The van der Waals surface area contributed by atoms with Crippen molar-refractivity contribution < 1.29 is 0 Å². The van der Waals surface area contributed by atoms with Crippen molar-refractivity contribution in [3.63, 3.8) is 0 Å². The largest absolute Gasteiger partial charge is 0.354 e. The molecule has 0 saturated carbocycles. The average Bonchev–Trinajstić information content (AvgIpc) is 1.73. The van der Waals surface area contributed by atoms with E-state index in [1.807, 2.05) is 58.2 Å². The predicted molar refractivity (Wildman–Crippen MR) is 420 cm³/mol. The highest BCUT2D eigenvalue weighted by Gasteiger charge is 2.52. The SMILES string of the molecule is [B]C1[B]C1([B])Cc1cc(CC2([B])[B]C2[B])cc(-c2c3nc(c(-c4cc(CC5([B])[B]C5[B])cc(CC5([B])[B]C5[B])c4)c4ccc([nH]4)c(-c4cc(CC5([B])[B]C5[B])cc(CC5([B])[B]C5[B])c4)c4ccc([nH]4)c(-c4cc(CC5([B])[B]C5[B])cc(CC5([B])[B]C5[B])c4)c4nc2C=C4)C=C3)c1. The standard InChI is InChI=1S/C68H46B24N4/c69-53-61(77,85-53)21-29-9-30(22-62(78)54(70)86-62)14-37(13-29)49-41-1-2-42(93-41)50(38-15-31(23-63(79)55(71)87-63)10-32(16-38)24-64(80)56(72)88-64)44-5-6-46(95-44)52(40-19-35(27-67(83)59(75)91-67)12-36(20-40)28-68(84)60(76)92-68)48-8-7-47(96-48)51(45-4-3-43(49)94-45)39-17-33(25-65(81)57(73)89-65)11-34(18-39)26-66(82)58(74)90-66/h1-20,53-60,93-94H,21-28H2. The van der Waals surface area contributed by atoms with Gasteiger partial charge in [0.2, 0.25) is 0 Å². The number of benzene rings is 4. The van der Waals surface area contributed by atoms with Crippen LogP contribution >= 0.6 is 0 Å². The van der Waals surface area contributed by atoms with Crippen LogP contribution in [0.5, 0.6) is 0 Å². The van der Waals surface area contributed by atoms with E-state index in [4.69, 9.17) is 136 Å². The van der Waals surface area contributed by atoms with E-state index in [1.54, 1.807) is 0 Å². The minimum atomic E-state index is -0.689. The molecule has 8 fully saturated rings. The second kappa shape index (κ2) is 22.3. The number of hydrogen-bond acceptors (Lipinski definition) is 2. The fraction of sp³-hybridized carbons (Fsp3) is 0.353. The Morgan fingerprint density at radius 3 is 0.625 bits per heavy atom. The summed E-state index contributed by atoms with van der Waals surface area (Å²) < 4.78 is 0. The smallest absolute Gasteiger partial charge is 0.0985 e. The van der Waals surface area contributed by atoms with Gasteiger partial charge in [-0.15, -0.1) is 45.7 Å². The van der Waals surface area contributed by atoms with Gasteiger partial charge in [0, 0.05) is 44.3 Å². The van der Waals surface area contributed by atoms with Crippen molar-refractivity contribution in [3.8, 4) is 44.5 Å². The number of aromatic nitrogens is 4. The molecule has 3 aromatic heterocycles. The van der Waals surface area contributed by atoms with Gasteiger partial charge in [-0.1, -0.05) is 115 Å². The fourth-order valence-electron chi connectivity index (χ4n) is 15.4. The van der Waals surface area contributed by atoms with Crippen molar-refractivity contribution >= 4 is 230 Å². The van der Waals surface area contributed by atoms with Crippen LogP contribution in [-0.2, 0) is 51.4 Å². The van der Waals surface area contributed by atoms with Crippen molar-refractivity contribution in [1.29, 1.82) is 0 Å². The van der Waals surface area contributed by atoms with Gasteiger partial charge in [0.25, 0.3) is 0 Å². The molecule has 17 rings (SSSR count). The third-order valence-electron chi connectivity index (χ3n) is 22.2. The molecule has 8 bridgehead atoms. The number of rotatable bonds is 20. The van der Waals surface area contributed by atoms with Gasteiger partial charge in [-0.3, -0.25) is 0 Å². The Kier molecular flexibility index (Phi) is 14.9. The molecule has 0 aliphatic carbocycles. The van der Waals surface area contributed by atoms with E-state index in [9.17, 15) is 0 Å². The molecule has 16 atom stereocenters. The van der Waals surface area contributed by atoms with Gasteiger partial charge in [0.15, 0.2) is 0 Å². The molecule has 4 nitrogen and oxygen atoms in total. The highest BCUT2D eigenvalue weighted by atomic mass is 14.8. The summed E-state index contributed by atoms with van der Waals surface area (Å²) >= 11 is 0. The molecule has 410 valence electrons. The van der Waals surface area contributed by atoms with Crippen LogP contribution in [0, 0.1) is 0 Å². The molecular formula is C68H46B24N4. The van der Waals surface area contributed by atoms with Crippen LogP contribution in [0.2, 0.25) is 87.4 Å². The lowest BCUT2D eigenvalue weighted by atomic mass is 9.65. The Morgan fingerprint density at radius 1 is 0.260 bits per heavy atom. The Morgan fingerprint density at radius 2 is 0.427 bits per heavy atom. The van der Waals surface area contributed by atoms with Crippen LogP contribution in [-0.4, -0.2) is 204 Å². The Bertz CT molecular complexity index is 4370. The first-order valence-electron chi connectivity index (χ1n) is 33.4. The van der Waals surface area contributed by atoms with E-state index in [1.165, 1.54) is 0 Å². The summed E-state index contributed by atoms with van der Waals surface area (Å²) in [5, 5.41) is -5.47. The monoisotopic (exact) mass is 1180 g/mol. The zero-order valence-electron chi connectivity index (χ0n) is 53.6. The van der Waals surface area contributed by atoms with Gasteiger partial charge in [0.1, 0.15) is 0 Å².